The molecule has 0 radical (unpaired) electrons. The largest absolute Gasteiger partial charge is 0.337 e. The topological polar surface area (TPSA) is 64.2 Å². The number of nitrogens with two attached hydrogens (primary N) is 1. The van der Waals surface area contributed by atoms with Crippen LogP contribution in [-0.4, -0.2) is 39.7 Å². The van der Waals surface area contributed by atoms with Crippen molar-refractivity contribution in [3.05, 3.63) is 47.2 Å². The van der Waals surface area contributed by atoms with Gasteiger partial charge in [-0.25, -0.2) is 4.68 Å². The third kappa shape index (κ3) is 3.41. The molecule has 23 heavy (non-hydrogen) atoms. The number of hydrogen-bond acceptors (Lipinski definition) is 3. The van der Waals surface area contributed by atoms with Crippen molar-refractivity contribution < 1.29 is 4.79 Å². The van der Waals surface area contributed by atoms with Gasteiger partial charge in [-0.1, -0.05) is 23.7 Å². The summed E-state index contributed by atoms with van der Waals surface area (Å²) in [6.07, 6.45) is 3.83. The fourth-order valence-corrected chi connectivity index (χ4v) is 3.22. The molecule has 1 aliphatic rings. The van der Waals surface area contributed by atoms with Gasteiger partial charge in [-0.2, -0.15) is 5.10 Å². The molecular weight excluding hydrogens is 312 g/mol. The summed E-state index contributed by atoms with van der Waals surface area (Å²) in [5.41, 5.74) is 7.20. The molecule has 2 N–H and O–H groups in total. The van der Waals surface area contributed by atoms with Crippen LogP contribution in [0.1, 0.15) is 30.3 Å². The van der Waals surface area contributed by atoms with Crippen molar-refractivity contribution >= 4 is 17.5 Å². The lowest BCUT2D eigenvalue weighted by molar-refractivity contribution is 0.0654. The van der Waals surface area contributed by atoms with Crippen LogP contribution in [0.2, 0.25) is 5.02 Å². The quantitative estimate of drug-likeness (QED) is 0.940. The Morgan fingerprint density at radius 3 is 2.91 bits per heavy atom. The van der Waals surface area contributed by atoms with E-state index >= 15 is 0 Å². The number of amides is 1. The number of rotatable bonds is 3. The Balaban J connectivity index is 1.78. The van der Waals surface area contributed by atoms with Gasteiger partial charge in [0.25, 0.3) is 5.91 Å². The van der Waals surface area contributed by atoms with Crippen molar-refractivity contribution in [2.24, 2.45) is 11.7 Å². The first kappa shape index (κ1) is 16.0. The standard InChI is InChI=1S/C17H21ClN4O/c1-12(19)13-5-4-9-21(11-13)17(23)15-8-10-22(20-15)16-7-3-2-6-14(16)18/h2-3,6-8,10,12-13H,4-5,9,11,19H2,1H3. The molecule has 1 saturated heterocycles. The molecule has 0 spiro atoms. The normalized spacial score (nSPS) is 19.6. The third-order valence-electron chi connectivity index (χ3n) is 4.40. The minimum Gasteiger partial charge on any atom is -0.337 e. The molecule has 2 unspecified atom stereocenters. The number of carbonyl (C=O) groups is 1. The lowest BCUT2D eigenvalue weighted by atomic mass is 9.92. The van der Waals surface area contributed by atoms with Crippen molar-refractivity contribution in [2.75, 3.05) is 13.1 Å². The van der Waals surface area contributed by atoms with Gasteiger partial charge in [-0.3, -0.25) is 4.79 Å². The molecule has 0 bridgehead atoms. The average Bonchev–Trinajstić information content (AvgIpc) is 3.04. The number of benzene rings is 1. The van der Waals surface area contributed by atoms with E-state index in [9.17, 15) is 4.79 Å². The SMILES string of the molecule is CC(N)C1CCCN(C(=O)c2ccn(-c3ccccc3Cl)n2)C1. The first-order valence-electron chi connectivity index (χ1n) is 7.91. The highest BCUT2D eigenvalue weighted by Gasteiger charge is 2.27. The van der Waals surface area contributed by atoms with Crippen molar-refractivity contribution in [1.82, 2.24) is 14.7 Å². The molecule has 0 aliphatic carbocycles. The second kappa shape index (κ2) is 6.72. The zero-order valence-corrected chi connectivity index (χ0v) is 13.9. The maximum atomic E-state index is 12.7. The van der Waals surface area contributed by atoms with E-state index in [4.69, 9.17) is 17.3 Å². The summed E-state index contributed by atoms with van der Waals surface area (Å²) in [6, 6.07) is 9.27. The van der Waals surface area contributed by atoms with Gasteiger partial charge in [0.2, 0.25) is 0 Å². The van der Waals surface area contributed by atoms with Gasteiger partial charge >= 0.3 is 0 Å². The van der Waals surface area contributed by atoms with Crippen LogP contribution < -0.4 is 5.73 Å². The first-order chi connectivity index (χ1) is 11.1. The fraction of sp³-hybridized carbons (Fsp3) is 0.412. The predicted molar refractivity (Wildman–Crippen MR) is 90.9 cm³/mol. The summed E-state index contributed by atoms with van der Waals surface area (Å²) in [4.78, 5) is 14.5. The molecule has 6 heteroatoms. The highest BCUT2D eigenvalue weighted by Crippen LogP contribution is 2.22. The average molecular weight is 333 g/mol. The minimum atomic E-state index is -0.0406. The van der Waals surface area contributed by atoms with E-state index in [0.29, 0.717) is 23.2 Å². The van der Waals surface area contributed by atoms with Crippen LogP contribution in [0.15, 0.2) is 36.5 Å². The van der Waals surface area contributed by atoms with Gasteiger partial charge < -0.3 is 10.6 Å². The number of hydrogen-bond donors (Lipinski definition) is 1. The summed E-state index contributed by atoms with van der Waals surface area (Å²) in [5, 5.41) is 5.00. The van der Waals surface area contributed by atoms with Crippen LogP contribution in [0.4, 0.5) is 0 Å². The van der Waals surface area contributed by atoms with Gasteiger partial charge in [0, 0.05) is 25.3 Å². The number of likely N-dealkylation sites (tertiary alicyclic amines) is 1. The second-order valence-electron chi connectivity index (χ2n) is 6.11. The van der Waals surface area contributed by atoms with Crippen LogP contribution in [-0.2, 0) is 0 Å². The van der Waals surface area contributed by atoms with E-state index in [2.05, 4.69) is 5.10 Å². The maximum Gasteiger partial charge on any atom is 0.274 e. The van der Waals surface area contributed by atoms with E-state index in [1.807, 2.05) is 30.0 Å². The van der Waals surface area contributed by atoms with Crippen LogP contribution >= 0.6 is 11.6 Å². The van der Waals surface area contributed by atoms with Crippen molar-refractivity contribution in [2.45, 2.75) is 25.8 Å². The number of halogens is 1. The molecule has 3 rings (SSSR count). The molecule has 0 saturated carbocycles. The molecule has 1 aromatic heterocycles. The summed E-state index contributed by atoms with van der Waals surface area (Å²) >= 11 is 6.18. The summed E-state index contributed by atoms with van der Waals surface area (Å²) in [5.74, 6) is 0.319. The molecule has 2 heterocycles. The predicted octanol–water partition coefficient (Wildman–Crippen LogP) is 2.73. The second-order valence-corrected chi connectivity index (χ2v) is 6.52. The Bertz CT molecular complexity index is 697. The van der Waals surface area contributed by atoms with Crippen LogP contribution in [0.3, 0.4) is 0 Å². The Morgan fingerprint density at radius 1 is 1.39 bits per heavy atom. The van der Waals surface area contributed by atoms with E-state index in [1.54, 1.807) is 23.0 Å². The summed E-state index contributed by atoms with van der Waals surface area (Å²) in [6.45, 7) is 3.47. The van der Waals surface area contributed by atoms with Gasteiger partial charge in [0.15, 0.2) is 5.69 Å². The van der Waals surface area contributed by atoms with Crippen LogP contribution in [0.25, 0.3) is 5.69 Å². The number of nitrogens with zero attached hydrogens (tertiary/aromatic N) is 3. The van der Waals surface area contributed by atoms with Crippen LogP contribution in [0, 0.1) is 5.92 Å². The number of carbonyl (C=O) groups excluding carboxylic acids is 1. The molecule has 1 amide bonds. The zero-order chi connectivity index (χ0) is 16.4. The Labute approximate surface area is 141 Å². The third-order valence-corrected chi connectivity index (χ3v) is 4.72. The number of aromatic nitrogens is 2. The zero-order valence-electron chi connectivity index (χ0n) is 13.2. The number of para-hydroxylation sites is 1. The van der Waals surface area contributed by atoms with Gasteiger partial charge in [-0.15, -0.1) is 0 Å². The highest BCUT2D eigenvalue weighted by molar-refractivity contribution is 6.32. The van der Waals surface area contributed by atoms with E-state index in [0.717, 1.165) is 25.1 Å². The fourth-order valence-electron chi connectivity index (χ4n) is 3.00. The molecular formula is C17H21ClN4O. The minimum absolute atomic E-state index is 0.0406. The summed E-state index contributed by atoms with van der Waals surface area (Å²) in [7, 11) is 0. The molecule has 1 aliphatic heterocycles. The molecule has 5 nitrogen and oxygen atoms in total. The molecule has 1 fully saturated rings. The maximum absolute atomic E-state index is 12.7. The van der Waals surface area contributed by atoms with Gasteiger partial charge in [0.05, 0.1) is 10.7 Å². The van der Waals surface area contributed by atoms with Gasteiger partial charge in [-0.05, 0) is 43.9 Å². The van der Waals surface area contributed by atoms with E-state index in [1.165, 1.54) is 0 Å². The first-order valence-corrected chi connectivity index (χ1v) is 8.29. The number of piperidine rings is 1. The van der Waals surface area contributed by atoms with Crippen LogP contribution in [0.5, 0.6) is 0 Å². The molecule has 2 atom stereocenters. The van der Waals surface area contributed by atoms with E-state index < -0.39 is 0 Å². The Morgan fingerprint density at radius 2 is 2.17 bits per heavy atom. The summed E-state index contributed by atoms with van der Waals surface area (Å²) < 4.78 is 1.64. The van der Waals surface area contributed by atoms with Crippen molar-refractivity contribution in [3.8, 4) is 5.69 Å². The Hall–Kier alpha value is -1.85. The smallest absolute Gasteiger partial charge is 0.274 e. The monoisotopic (exact) mass is 332 g/mol. The molecule has 2 aromatic rings. The molecule has 1 aromatic carbocycles. The van der Waals surface area contributed by atoms with Crippen molar-refractivity contribution in [3.63, 3.8) is 0 Å². The molecule has 122 valence electrons. The van der Waals surface area contributed by atoms with E-state index in [-0.39, 0.29) is 11.9 Å². The lowest BCUT2D eigenvalue weighted by Crippen LogP contribution is -2.45. The van der Waals surface area contributed by atoms with Gasteiger partial charge in [0.1, 0.15) is 0 Å². The highest BCUT2D eigenvalue weighted by atomic mass is 35.5. The lowest BCUT2D eigenvalue weighted by Gasteiger charge is -2.34. The Kier molecular flexibility index (Phi) is 4.68. The van der Waals surface area contributed by atoms with Crippen molar-refractivity contribution in [1.29, 1.82) is 0 Å².